The Hall–Kier alpha value is -1.72. The van der Waals surface area contributed by atoms with Gasteiger partial charge in [-0.15, -0.1) is 0 Å². The Balaban J connectivity index is 1.30. The zero-order valence-corrected chi connectivity index (χ0v) is 20.3. The third kappa shape index (κ3) is 6.28. The van der Waals surface area contributed by atoms with Gasteiger partial charge in [0.15, 0.2) is 11.6 Å². The van der Waals surface area contributed by atoms with Crippen LogP contribution in [0.25, 0.3) is 0 Å². The van der Waals surface area contributed by atoms with E-state index in [1.54, 1.807) is 0 Å². The summed E-state index contributed by atoms with van der Waals surface area (Å²) < 4.78 is 48.4. The van der Waals surface area contributed by atoms with Gasteiger partial charge in [0.05, 0.1) is 5.92 Å². The number of carbonyl (C=O) groups excluding carboxylic acids is 1. The average molecular weight is 481 g/mol. The number of fused-ring (bicyclic) bond motifs is 1. The van der Waals surface area contributed by atoms with E-state index >= 15 is 0 Å². The molecule has 3 saturated carbocycles. The fraction of sp³-hybridized carbons (Fsp3) is 0.750. The standard InChI is InChI=1S/C28H39F3O3/c1-2-3-5-18-8-10-19(11-9-18)20-12-14-23-21(16-20)6-4-7-24(23)27(32)33-22-13-15-26(25(29)17-22)34-28(30)31/h13,15,17-21,23-24,28H,2-12,14,16H2,1H3. The van der Waals surface area contributed by atoms with E-state index in [0.29, 0.717) is 11.8 Å². The lowest BCUT2D eigenvalue weighted by Gasteiger charge is -2.46. The van der Waals surface area contributed by atoms with Crippen LogP contribution in [0, 0.1) is 41.3 Å². The van der Waals surface area contributed by atoms with E-state index in [0.717, 1.165) is 49.1 Å². The Kier molecular flexibility index (Phi) is 8.81. The molecule has 4 rings (SSSR count). The van der Waals surface area contributed by atoms with Gasteiger partial charge in [-0.2, -0.15) is 8.78 Å². The molecule has 6 heteroatoms. The molecular weight excluding hydrogens is 441 g/mol. The molecule has 1 aromatic rings. The maximum atomic E-state index is 14.0. The second kappa shape index (κ2) is 11.8. The molecule has 0 amide bonds. The largest absolute Gasteiger partial charge is 0.432 e. The van der Waals surface area contributed by atoms with Crippen LogP contribution in [0.2, 0.25) is 0 Å². The van der Waals surface area contributed by atoms with E-state index in [-0.39, 0.29) is 17.6 Å². The first kappa shape index (κ1) is 25.4. The van der Waals surface area contributed by atoms with Crippen LogP contribution in [-0.4, -0.2) is 12.6 Å². The summed E-state index contributed by atoms with van der Waals surface area (Å²) in [5.41, 5.74) is 0. The SMILES string of the molecule is CCCCC1CCC(C2CCC3C(CCCC3C(=O)Oc3ccc(OC(F)F)c(F)c3)C2)CC1. The van der Waals surface area contributed by atoms with Crippen LogP contribution in [0.15, 0.2) is 18.2 Å². The molecular formula is C28H39F3O3. The highest BCUT2D eigenvalue weighted by molar-refractivity contribution is 5.75. The van der Waals surface area contributed by atoms with Gasteiger partial charge < -0.3 is 9.47 Å². The zero-order valence-electron chi connectivity index (χ0n) is 20.3. The van der Waals surface area contributed by atoms with E-state index in [1.165, 1.54) is 70.3 Å². The lowest BCUT2D eigenvalue weighted by molar-refractivity contribution is -0.144. The van der Waals surface area contributed by atoms with Crippen LogP contribution in [0.4, 0.5) is 13.2 Å². The van der Waals surface area contributed by atoms with Crippen molar-refractivity contribution in [3.63, 3.8) is 0 Å². The van der Waals surface area contributed by atoms with Crippen molar-refractivity contribution in [3.05, 3.63) is 24.0 Å². The van der Waals surface area contributed by atoms with Gasteiger partial charge in [-0.1, -0.05) is 51.9 Å². The number of rotatable bonds is 8. The van der Waals surface area contributed by atoms with Crippen LogP contribution in [0.1, 0.15) is 90.4 Å². The molecule has 0 bridgehead atoms. The summed E-state index contributed by atoms with van der Waals surface area (Å²) in [5, 5.41) is 0. The van der Waals surface area contributed by atoms with Crippen molar-refractivity contribution in [1.82, 2.24) is 0 Å². The maximum absolute atomic E-state index is 14.0. The molecule has 0 aromatic heterocycles. The van der Waals surface area contributed by atoms with Crippen molar-refractivity contribution >= 4 is 5.97 Å². The molecule has 0 saturated heterocycles. The molecule has 4 atom stereocenters. The molecule has 3 aliphatic carbocycles. The number of hydrogen-bond donors (Lipinski definition) is 0. The Labute approximate surface area is 201 Å². The molecule has 1 aromatic carbocycles. The molecule has 4 unspecified atom stereocenters. The van der Waals surface area contributed by atoms with E-state index in [1.807, 2.05) is 0 Å². The summed E-state index contributed by atoms with van der Waals surface area (Å²) in [4.78, 5) is 13.0. The van der Waals surface area contributed by atoms with Gasteiger partial charge >= 0.3 is 12.6 Å². The number of alkyl halides is 2. The summed E-state index contributed by atoms with van der Waals surface area (Å²) in [5.74, 6) is 1.54. The smallest absolute Gasteiger partial charge is 0.387 e. The van der Waals surface area contributed by atoms with Crippen molar-refractivity contribution < 1.29 is 27.4 Å². The van der Waals surface area contributed by atoms with Gasteiger partial charge in [0.2, 0.25) is 0 Å². The topological polar surface area (TPSA) is 35.5 Å². The number of unbranched alkanes of at least 4 members (excludes halogenated alkanes) is 1. The van der Waals surface area contributed by atoms with Crippen LogP contribution in [0.5, 0.6) is 11.5 Å². The van der Waals surface area contributed by atoms with Gasteiger partial charge in [0, 0.05) is 6.07 Å². The number of ether oxygens (including phenoxy) is 2. The molecule has 0 aliphatic heterocycles. The number of carbonyl (C=O) groups is 1. The fourth-order valence-electron chi connectivity index (χ4n) is 7.09. The molecule has 3 nitrogen and oxygen atoms in total. The van der Waals surface area contributed by atoms with Crippen molar-refractivity contribution in [2.45, 2.75) is 97.0 Å². The second-order valence-electron chi connectivity index (χ2n) is 10.8. The molecule has 0 radical (unpaired) electrons. The summed E-state index contributed by atoms with van der Waals surface area (Å²) in [6, 6.07) is 3.34. The lowest BCUT2D eigenvalue weighted by Crippen LogP contribution is -2.40. The van der Waals surface area contributed by atoms with E-state index in [9.17, 15) is 18.0 Å². The van der Waals surface area contributed by atoms with E-state index in [2.05, 4.69) is 11.7 Å². The zero-order chi connectivity index (χ0) is 24.1. The number of esters is 1. The highest BCUT2D eigenvalue weighted by Gasteiger charge is 2.43. The molecule has 34 heavy (non-hydrogen) atoms. The highest BCUT2D eigenvalue weighted by Crippen LogP contribution is 2.50. The minimum Gasteiger partial charge on any atom is -0.432 e. The number of benzene rings is 1. The van der Waals surface area contributed by atoms with E-state index < -0.39 is 18.2 Å². The summed E-state index contributed by atoms with van der Waals surface area (Å²) in [6.07, 6.45) is 16.1. The number of hydrogen-bond acceptors (Lipinski definition) is 3. The predicted octanol–water partition coefficient (Wildman–Crippen LogP) is 8.16. The first-order valence-corrected chi connectivity index (χ1v) is 13.4. The first-order chi connectivity index (χ1) is 16.4. The lowest BCUT2D eigenvalue weighted by atomic mass is 9.59. The fourth-order valence-corrected chi connectivity index (χ4v) is 7.09. The Bertz CT molecular complexity index is 806. The normalized spacial score (nSPS) is 31.7. The molecule has 190 valence electrons. The Morgan fingerprint density at radius 1 is 1.00 bits per heavy atom. The van der Waals surface area contributed by atoms with Gasteiger partial charge in [0.1, 0.15) is 5.75 Å². The quantitative estimate of drug-likeness (QED) is 0.278. The van der Waals surface area contributed by atoms with Crippen molar-refractivity contribution in [1.29, 1.82) is 0 Å². The van der Waals surface area contributed by atoms with Crippen molar-refractivity contribution in [2.75, 3.05) is 0 Å². The van der Waals surface area contributed by atoms with Crippen LogP contribution in [0.3, 0.4) is 0 Å². The Morgan fingerprint density at radius 3 is 2.47 bits per heavy atom. The highest BCUT2D eigenvalue weighted by atomic mass is 19.3. The van der Waals surface area contributed by atoms with Crippen molar-refractivity contribution in [3.8, 4) is 11.5 Å². The third-order valence-corrected chi connectivity index (χ3v) is 8.85. The summed E-state index contributed by atoms with van der Waals surface area (Å²) in [6.45, 7) is -0.829. The van der Waals surface area contributed by atoms with Crippen LogP contribution < -0.4 is 9.47 Å². The third-order valence-electron chi connectivity index (χ3n) is 8.85. The minimum absolute atomic E-state index is 0.0414. The average Bonchev–Trinajstić information content (AvgIpc) is 2.83. The summed E-state index contributed by atoms with van der Waals surface area (Å²) >= 11 is 0. The maximum Gasteiger partial charge on any atom is 0.387 e. The summed E-state index contributed by atoms with van der Waals surface area (Å²) in [7, 11) is 0. The molecule has 3 fully saturated rings. The van der Waals surface area contributed by atoms with Crippen LogP contribution >= 0.6 is 0 Å². The van der Waals surface area contributed by atoms with Gasteiger partial charge in [-0.3, -0.25) is 4.79 Å². The predicted molar refractivity (Wildman–Crippen MR) is 125 cm³/mol. The second-order valence-corrected chi connectivity index (χ2v) is 10.8. The first-order valence-electron chi connectivity index (χ1n) is 13.4. The van der Waals surface area contributed by atoms with Gasteiger partial charge in [0.25, 0.3) is 0 Å². The molecule has 3 aliphatic rings. The van der Waals surface area contributed by atoms with Gasteiger partial charge in [-0.05, 0) is 80.2 Å². The van der Waals surface area contributed by atoms with Gasteiger partial charge in [-0.25, -0.2) is 4.39 Å². The number of halogens is 3. The Morgan fingerprint density at radius 2 is 1.76 bits per heavy atom. The molecule has 0 spiro atoms. The van der Waals surface area contributed by atoms with Crippen molar-refractivity contribution in [2.24, 2.45) is 35.5 Å². The molecule has 0 N–H and O–H groups in total. The van der Waals surface area contributed by atoms with E-state index in [4.69, 9.17) is 4.74 Å². The van der Waals surface area contributed by atoms with Crippen LogP contribution in [-0.2, 0) is 4.79 Å². The molecule has 0 heterocycles. The minimum atomic E-state index is -3.10. The monoisotopic (exact) mass is 480 g/mol.